The monoisotopic (exact) mass is 359 g/mol. The summed E-state index contributed by atoms with van der Waals surface area (Å²) >= 11 is 7.81. The molecule has 0 aliphatic carbocycles. The molecule has 7 heteroatoms. The smallest absolute Gasteiger partial charge is 0.138 e. The second kappa shape index (κ2) is 7.01. The molecular weight excluding hydrogens is 342 g/mol. The number of nitrogens with one attached hydrogen (secondary N) is 2. The summed E-state index contributed by atoms with van der Waals surface area (Å²) in [5.41, 5.74) is 0.844. The Balaban J connectivity index is 1.71. The van der Waals surface area contributed by atoms with Crippen molar-refractivity contribution in [2.24, 2.45) is 0 Å². The van der Waals surface area contributed by atoms with Gasteiger partial charge in [-0.1, -0.05) is 17.7 Å². The standard InChI is InChI=1S/C17H18ClN5S/c18-15-8-13-14(10-20-15)22-16(11-3-5-19-6-4-11)23-17(13)21-9-12-2-1-7-24-12/h1-2,7-8,10-11,19H,3-6,9H2,(H,21,22,23). The number of thiophene rings is 1. The molecule has 0 bridgehead atoms. The van der Waals surface area contributed by atoms with Crippen LogP contribution >= 0.6 is 22.9 Å². The van der Waals surface area contributed by atoms with Crippen molar-refractivity contribution < 1.29 is 0 Å². The molecule has 4 rings (SSSR count). The van der Waals surface area contributed by atoms with Gasteiger partial charge in [-0.2, -0.15) is 0 Å². The van der Waals surface area contributed by atoms with E-state index in [1.807, 2.05) is 6.07 Å². The van der Waals surface area contributed by atoms with Crippen LogP contribution in [0.15, 0.2) is 29.8 Å². The number of anilines is 1. The average molecular weight is 360 g/mol. The largest absolute Gasteiger partial charge is 0.365 e. The maximum absolute atomic E-state index is 6.08. The van der Waals surface area contributed by atoms with Gasteiger partial charge in [0.1, 0.15) is 16.8 Å². The first-order valence-corrected chi connectivity index (χ1v) is 9.35. The van der Waals surface area contributed by atoms with Gasteiger partial charge in [0.25, 0.3) is 0 Å². The summed E-state index contributed by atoms with van der Waals surface area (Å²) in [6.45, 7) is 2.78. The van der Waals surface area contributed by atoms with Crippen LogP contribution in [0.4, 0.5) is 5.82 Å². The van der Waals surface area contributed by atoms with Gasteiger partial charge in [-0.3, -0.25) is 0 Å². The second-order valence-corrected chi connectivity index (χ2v) is 7.33. The lowest BCUT2D eigenvalue weighted by molar-refractivity contribution is 0.446. The highest BCUT2D eigenvalue weighted by Gasteiger charge is 2.20. The van der Waals surface area contributed by atoms with E-state index in [-0.39, 0.29) is 0 Å². The summed E-state index contributed by atoms with van der Waals surface area (Å²) in [7, 11) is 0. The number of piperidine rings is 1. The van der Waals surface area contributed by atoms with Gasteiger partial charge in [-0.05, 0) is 43.4 Å². The summed E-state index contributed by atoms with van der Waals surface area (Å²) in [5, 5.41) is 10.3. The minimum atomic E-state index is 0.397. The van der Waals surface area contributed by atoms with Crippen LogP contribution in [0.2, 0.25) is 5.15 Å². The lowest BCUT2D eigenvalue weighted by atomic mass is 9.97. The Kier molecular flexibility index (Phi) is 4.60. The highest BCUT2D eigenvalue weighted by atomic mass is 35.5. The molecule has 124 valence electrons. The van der Waals surface area contributed by atoms with E-state index in [1.54, 1.807) is 17.5 Å². The predicted octanol–water partition coefficient (Wildman–Crippen LogP) is 3.82. The SMILES string of the molecule is Clc1cc2c(NCc3cccs3)nc(C3CCNCC3)nc2cn1. The number of hydrogen-bond donors (Lipinski definition) is 2. The van der Waals surface area contributed by atoms with E-state index in [0.29, 0.717) is 11.1 Å². The molecule has 1 aliphatic rings. The van der Waals surface area contributed by atoms with Crippen molar-refractivity contribution in [1.29, 1.82) is 0 Å². The van der Waals surface area contributed by atoms with E-state index < -0.39 is 0 Å². The summed E-state index contributed by atoms with van der Waals surface area (Å²) in [6, 6.07) is 6.00. The van der Waals surface area contributed by atoms with Gasteiger partial charge in [0.05, 0.1) is 18.3 Å². The summed E-state index contributed by atoms with van der Waals surface area (Å²) < 4.78 is 0. The molecule has 0 unspecified atom stereocenters. The molecular formula is C17H18ClN5S. The van der Waals surface area contributed by atoms with Gasteiger partial charge in [-0.15, -0.1) is 11.3 Å². The molecule has 0 aromatic carbocycles. The first kappa shape index (κ1) is 15.7. The van der Waals surface area contributed by atoms with E-state index in [2.05, 4.69) is 33.1 Å². The second-order valence-electron chi connectivity index (χ2n) is 5.91. The van der Waals surface area contributed by atoms with Gasteiger partial charge in [0, 0.05) is 16.2 Å². The molecule has 1 aliphatic heterocycles. The van der Waals surface area contributed by atoms with Crippen molar-refractivity contribution >= 4 is 39.7 Å². The maximum atomic E-state index is 6.08. The third kappa shape index (κ3) is 3.36. The molecule has 5 nitrogen and oxygen atoms in total. The Morgan fingerprint density at radius 2 is 2.17 bits per heavy atom. The quantitative estimate of drug-likeness (QED) is 0.693. The number of rotatable bonds is 4. The van der Waals surface area contributed by atoms with Crippen LogP contribution < -0.4 is 10.6 Å². The zero-order valence-corrected chi connectivity index (χ0v) is 14.7. The van der Waals surface area contributed by atoms with Crippen LogP contribution in [-0.2, 0) is 6.54 Å². The average Bonchev–Trinajstić information content (AvgIpc) is 3.14. The molecule has 1 fully saturated rings. The number of aromatic nitrogens is 3. The van der Waals surface area contributed by atoms with E-state index in [4.69, 9.17) is 21.6 Å². The number of halogens is 1. The summed E-state index contributed by atoms with van der Waals surface area (Å²) in [4.78, 5) is 15.0. The van der Waals surface area contributed by atoms with E-state index in [0.717, 1.165) is 55.0 Å². The number of fused-ring (bicyclic) bond motifs is 1. The third-order valence-corrected chi connectivity index (χ3v) is 5.36. The van der Waals surface area contributed by atoms with E-state index in [1.165, 1.54) is 4.88 Å². The molecule has 0 radical (unpaired) electrons. The maximum Gasteiger partial charge on any atom is 0.138 e. The van der Waals surface area contributed by atoms with Crippen LogP contribution in [0.25, 0.3) is 10.9 Å². The fraction of sp³-hybridized carbons (Fsp3) is 0.353. The molecule has 24 heavy (non-hydrogen) atoms. The van der Waals surface area contributed by atoms with Gasteiger partial charge in [-0.25, -0.2) is 15.0 Å². The van der Waals surface area contributed by atoms with Crippen molar-refractivity contribution in [2.45, 2.75) is 25.3 Å². The molecule has 3 aromatic heterocycles. The number of hydrogen-bond acceptors (Lipinski definition) is 6. The van der Waals surface area contributed by atoms with Crippen molar-refractivity contribution in [1.82, 2.24) is 20.3 Å². The molecule has 3 aromatic rings. The van der Waals surface area contributed by atoms with Crippen LogP contribution in [0.3, 0.4) is 0 Å². The highest BCUT2D eigenvalue weighted by Crippen LogP contribution is 2.28. The van der Waals surface area contributed by atoms with Crippen molar-refractivity contribution in [3.05, 3.63) is 45.6 Å². The Hall–Kier alpha value is -1.76. The minimum absolute atomic E-state index is 0.397. The van der Waals surface area contributed by atoms with E-state index >= 15 is 0 Å². The topological polar surface area (TPSA) is 62.7 Å². The molecule has 4 heterocycles. The normalized spacial score (nSPS) is 15.7. The summed E-state index contributed by atoms with van der Waals surface area (Å²) in [6.07, 6.45) is 3.87. The lowest BCUT2D eigenvalue weighted by Gasteiger charge is -2.22. The first-order valence-electron chi connectivity index (χ1n) is 8.10. The van der Waals surface area contributed by atoms with Crippen molar-refractivity contribution in [3.8, 4) is 0 Å². The van der Waals surface area contributed by atoms with Crippen molar-refractivity contribution in [2.75, 3.05) is 18.4 Å². The number of nitrogens with zero attached hydrogens (tertiary/aromatic N) is 3. The Morgan fingerprint density at radius 1 is 1.29 bits per heavy atom. The highest BCUT2D eigenvalue weighted by molar-refractivity contribution is 7.09. The molecule has 1 saturated heterocycles. The van der Waals surface area contributed by atoms with Crippen LogP contribution in [-0.4, -0.2) is 28.0 Å². The zero-order chi connectivity index (χ0) is 16.4. The Labute approximate surface area is 149 Å². The van der Waals surface area contributed by atoms with Gasteiger partial charge >= 0.3 is 0 Å². The third-order valence-electron chi connectivity index (χ3n) is 4.28. The predicted molar refractivity (Wildman–Crippen MR) is 98.8 cm³/mol. The van der Waals surface area contributed by atoms with Crippen LogP contribution in [0, 0.1) is 0 Å². The van der Waals surface area contributed by atoms with Gasteiger partial charge in [0.2, 0.25) is 0 Å². The van der Waals surface area contributed by atoms with Gasteiger partial charge in [0.15, 0.2) is 0 Å². The lowest BCUT2D eigenvalue weighted by Crippen LogP contribution is -2.27. The minimum Gasteiger partial charge on any atom is -0.365 e. The molecule has 0 saturated carbocycles. The Morgan fingerprint density at radius 3 is 2.96 bits per heavy atom. The fourth-order valence-electron chi connectivity index (χ4n) is 3.01. The molecule has 0 spiro atoms. The number of pyridine rings is 1. The van der Waals surface area contributed by atoms with Gasteiger partial charge < -0.3 is 10.6 Å². The fourth-order valence-corrected chi connectivity index (χ4v) is 3.81. The molecule has 0 amide bonds. The molecule has 0 atom stereocenters. The molecule has 2 N–H and O–H groups in total. The van der Waals surface area contributed by atoms with Crippen LogP contribution in [0.5, 0.6) is 0 Å². The Bertz CT molecular complexity index is 830. The van der Waals surface area contributed by atoms with Crippen LogP contribution in [0.1, 0.15) is 29.5 Å². The zero-order valence-electron chi connectivity index (χ0n) is 13.1. The van der Waals surface area contributed by atoms with E-state index in [9.17, 15) is 0 Å². The first-order chi connectivity index (χ1) is 11.8. The van der Waals surface area contributed by atoms with Crippen molar-refractivity contribution in [3.63, 3.8) is 0 Å². The summed E-state index contributed by atoms with van der Waals surface area (Å²) in [5.74, 6) is 2.14.